The van der Waals surface area contributed by atoms with E-state index in [0.717, 1.165) is 5.89 Å². The Morgan fingerprint density at radius 1 is 1.18 bits per heavy atom. The van der Waals surface area contributed by atoms with Crippen molar-refractivity contribution in [3.63, 3.8) is 0 Å². The minimum absolute atomic E-state index is 0.299. The molecule has 0 saturated heterocycles. The van der Waals surface area contributed by atoms with E-state index in [4.69, 9.17) is 4.42 Å². The van der Waals surface area contributed by atoms with Crippen molar-refractivity contribution in [2.45, 2.75) is 30.6 Å². The largest absolute Gasteiger partial charge is 0.424 e. The Morgan fingerprint density at radius 3 is 2.00 bits per heavy atom. The maximum Gasteiger partial charge on any atom is 0.229 e. The number of hydrogen-bond donors (Lipinski definition) is 0. The molecule has 1 aromatic heterocycles. The van der Waals surface area contributed by atoms with Gasteiger partial charge in [0.1, 0.15) is 0 Å². The zero-order chi connectivity index (χ0) is 8.43. The van der Waals surface area contributed by atoms with Crippen molar-refractivity contribution in [1.82, 2.24) is 10.2 Å². The maximum atomic E-state index is 5.38. The molecular weight excluding hydrogens is 255 g/mol. The van der Waals surface area contributed by atoms with E-state index >= 15 is 0 Å². The predicted octanol–water partition coefficient (Wildman–Crippen LogP) is 2.69. The fourth-order valence-electron chi connectivity index (χ4n) is 0.641. The first-order valence-electron chi connectivity index (χ1n) is 3.58. The van der Waals surface area contributed by atoms with Crippen LogP contribution in [-0.4, -0.2) is 10.2 Å². The Labute approximate surface area is 79.7 Å². The highest BCUT2D eigenvalue weighted by molar-refractivity contribution is 14.1. The van der Waals surface area contributed by atoms with E-state index in [-0.39, 0.29) is 0 Å². The first-order valence-corrected chi connectivity index (χ1v) is 4.83. The molecule has 11 heavy (non-hydrogen) atoms. The molecule has 0 aliphatic carbocycles. The van der Waals surface area contributed by atoms with Gasteiger partial charge < -0.3 is 4.42 Å². The summed E-state index contributed by atoms with van der Waals surface area (Å²) in [7, 11) is 0. The molecule has 4 heteroatoms. The van der Waals surface area contributed by atoms with E-state index in [1.807, 2.05) is 20.8 Å². The van der Waals surface area contributed by atoms with Crippen molar-refractivity contribution >= 4 is 22.6 Å². The number of aromatic nitrogens is 2. The average molecular weight is 266 g/mol. The van der Waals surface area contributed by atoms with Crippen LogP contribution >= 0.6 is 22.6 Å². The highest BCUT2D eigenvalue weighted by atomic mass is 127. The molecule has 0 bridgehead atoms. The third-order valence-corrected chi connectivity index (χ3v) is 1.82. The van der Waals surface area contributed by atoms with Crippen molar-refractivity contribution < 1.29 is 4.42 Å². The molecule has 1 unspecified atom stereocenters. The van der Waals surface area contributed by atoms with Crippen molar-refractivity contribution in [3.05, 3.63) is 11.8 Å². The van der Waals surface area contributed by atoms with Gasteiger partial charge in [0.25, 0.3) is 0 Å². The summed E-state index contributed by atoms with van der Waals surface area (Å²) in [6, 6.07) is 0. The second-order valence-corrected chi connectivity index (χ2v) is 4.62. The minimum Gasteiger partial charge on any atom is -0.424 e. The van der Waals surface area contributed by atoms with Crippen LogP contribution in [-0.2, 0) is 0 Å². The molecule has 62 valence electrons. The molecule has 0 fully saturated rings. The number of alkyl halides is 1. The van der Waals surface area contributed by atoms with Crippen LogP contribution in [0, 0.1) is 0 Å². The van der Waals surface area contributed by atoms with Gasteiger partial charge in [-0.15, -0.1) is 10.2 Å². The molecule has 1 aromatic rings. The Hall–Kier alpha value is -0.130. The van der Waals surface area contributed by atoms with Gasteiger partial charge in [-0.3, -0.25) is 0 Å². The lowest BCUT2D eigenvalue weighted by atomic mass is 10.2. The van der Waals surface area contributed by atoms with Crippen molar-refractivity contribution in [2.24, 2.45) is 0 Å². The van der Waals surface area contributed by atoms with E-state index < -0.39 is 0 Å². The Balaban J connectivity index is 2.82. The molecule has 1 rings (SSSR count). The molecule has 0 radical (unpaired) electrons. The molecule has 0 saturated carbocycles. The second-order valence-electron chi connectivity index (χ2n) is 2.75. The standard InChI is InChI=1S/C7H11IN2O/c1-4(2)6-9-10-7(11-6)5(3)8/h4-5H,1-3H3. The summed E-state index contributed by atoms with van der Waals surface area (Å²) in [5, 5.41) is 7.83. The summed E-state index contributed by atoms with van der Waals surface area (Å²) in [6.45, 7) is 6.10. The van der Waals surface area contributed by atoms with Gasteiger partial charge in [0.05, 0.1) is 3.92 Å². The third-order valence-electron chi connectivity index (χ3n) is 1.29. The van der Waals surface area contributed by atoms with Gasteiger partial charge in [-0.25, -0.2) is 0 Å². The van der Waals surface area contributed by atoms with Crippen LogP contribution in [0.3, 0.4) is 0 Å². The molecule has 0 aliphatic heterocycles. The van der Waals surface area contributed by atoms with E-state index in [0.29, 0.717) is 15.7 Å². The van der Waals surface area contributed by atoms with Gasteiger partial charge in [-0.1, -0.05) is 36.4 Å². The highest BCUT2D eigenvalue weighted by Crippen LogP contribution is 2.22. The van der Waals surface area contributed by atoms with E-state index in [1.165, 1.54) is 0 Å². The van der Waals surface area contributed by atoms with Crippen molar-refractivity contribution in [3.8, 4) is 0 Å². The number of nitrogens with zero attached hydrogens (tertiary/aromatic N) is 2. The first-order chi connectivity index (χ1) is 5.11. The fourth-order valence-corrected chi connectivity index (χ4v) is 0.892. The van der Waals surface area contributed by atoms with Gasteiger partial charge in [0.2, 0.25) is 11.8 Å². The summed E-state index contributed by atoms with van der Waals surface area (Å²) in [5.41, 5.74) is 0. The van der Waals surface area contributed by atoms with Gasteiger partial charge in [0, 0.05) is 5.92 Å². The predicted molar refractivity (Wildman–Crippen MR) is 50.8 cm³/mol. The molecule has 0 spiro atoms. The van der Waals surface area contributed by atoms with E-state index in [9.17, 15) is 0 Å². The molecule has 1 heterocycles. The summed E-state index contributed by atoms with van der Waals surface area (Å²) < 4.78 is 5.68. The summed E-state index contributed by atoms with van der Waals surface area (Å²) in [4.78, 5) is 0. The monoisotopic (exact) mass is 266 g/mol. The SMILES string of the molecule is CC(C)c1nnc(C(C)I)o1. The van der Waals surface area contributed by atoms with Crippen LogP contribution in [0.1, 0.15) is 42.4 Å². The van der Waals surface area contributed by atoms with Crippen LogP contribution < -0.4 is 0 Å². The lowest BCUT2D eigenvalue weighted by Gasteiger charge is -1.95. The highest BCUT2D eigenvalue weighted by Gasteiger charge is 2.12. The minimum atomic E-state index is 0.299. The zero-order valence-electron chi connectivity index (χ0n) is 6.84. The summed E-state index contributed by atoms with van der Waals surface area (Å²) in [5.74, 6) is 1.77. The first kappa shape index (κ1) is 8.96. The van der Waals surface area contributed by atoms with Crippen molar-refractivity contribution in [1.29, 1.82) is 0 Å². The Kier molecular flexibility index (Phi) is 2.86. The topological polar surface area (TPSA) is 38.9 Å². The van der Waals surface area contributed by atoms with Crippen LogP contribution in [0.25, 0.3) is 0 Å². The van der Waals surface area contributed by atoms with Gasteiger partial charge in [-0.05, 0) is 6.92 Å². The van der Waals surface area contributed by atoms with Gasteiger partial charge in [0.15, 0.2) is 0 Å². The molecular formula is C7H11IN2O. The Morgan fingerprint density at radius 2 is 1.73 bits per heavy atom. The molecule has 3 nitrogen and oxygen atoms in total. The lowest BCUT2D eigenvalue weighted by Crippen LogP contribution is -1.85. The van der Waals surface area contributed by atoms with E-state index in [1.54, 1.807) is 0 Å². The van der Waals surface area contributed by atoms with Crippen LogP contribution in [0.4, 0.5) is 0 Å². The summed E-state index contributed by atoms with van der Waals surface area (Å²) in [6.07, 6.45) is 0. The zero-order valence-corrected chi connectivity index (χ0v) is 8.99. The third kappa shape index (κ3) is 2.15. The normalized spacial score (nSPS) is 13.9. The molecule has 0 aliphatic rings. The van der Waals surface area contributed by atoms with Crippen molar-refractivity contribution in [2.75, 3.05) is 0 Å². The number of hydrogen-bond acceptors (Lipinski definition) is 3. The molecule has 0 aromatic carbocycles. The summed E-state index contributed by atoms with van der Waals surface area (Å²) >= 11 is 2.25. The number of halogens is 1. The van der Waals surface area contributed by atoms with Gasteiger partial charge in [-0.2, -0.15) is 0 Å². The maximum absolute atomic E-state index is 5.38. The lowest BCUT2D eigenvalue weighted by molar-refractivity contribution is 0.436. The van der Waals surface area contributed by atoms with Crippen LogP contribution in [0.2, 0.25) is 0 Å². The van der Waals surface area contributed by atoms with E-state index in [2.05, 4.69) is 32.8 Å². The van der Waals surface area contributed by atoms with Crippen LogP contribution in [0.15, 0.2) is 4.42 Å². The fraction of sp³-hybridized carbons (Fsp3) is 0.714. The Bertz CT molecular complexity index is 210. The smallest absolute Gasteiger partial charge is 0.229 e. The number of rotatable bonds is 2. The second kappa shape index (κ2) is 3.51. The molecule has 1 atom stereocenters. The molecule has 0 amide bonds. The quantitative estimate of drug-likeness (QED) is 0.610. The van der Waals surface area contributed by atoms with Gasteiger partial charge >= 0.3 is 0 Å². The average Bonchev–Trinajstić information content (AvgIpc) is 2.33. The van der Waals surface area contributed by atoms with Crippen LogP contribution in [0.5, 0.6) is 0 Å². The molecule has 0 N–H and O–H groups in total.